The number of benzene rings is 3. The van der Waals surface area contributed by atoms with Gasteiger partial charge in [-0.1, -0.05) is 42.5 Å². The summed E-state index contributed by atoms with van der Waals surface area (Å²) in [7, 11) is 1.58. The second-order valence-electron chi connectivity index (χ2n) is 11.2. The summed E-state index contributed by atoms with van der Waals surface area (Å²) in [4.78, 5) is 41.5. The van der Waals surface area contributed by atoms with Crippen LogP contribution in [0.4, 0.5) is 16.2 Å². The summed E-state index contributed by atoms with van der Waals surface area (Å²) in [6.45, 7) is 3.95. The van der Waals surface area contributed by atoms with E-state index in [1.165, 1.54) is 0 Å². The molecule has 10 heteroatoms. The quantitative estimate of drug-likeness (QED) is 0.192. The molecular weight excluding hydrogens is 614 g/mol. The van der Waals surface area contributed by atoms with Crippen molar-refractivity contribution < 1.29 is 14.4 Å². The van der Waals surface area contributed by atoms with Gasteiger partial charge >= 0.3 is 6.03 Å². The van der Waals surface area contributed by atoms with Crippen molar-refractivity contribution >= 4 is 66.6 Å². The standard InChI is InChI=1S/C32H34BrN5O3S/c1-32(2,34)17-27(39)36-24-14-13-20-8-4-7-11-25(20)38(30(24)40)18-19-12-15-26-22(16-19)28(33)29(42-26)21-9-5-6-10-23(21)37-31(41)35-3/h4-12,15-16,24H,13-14,17-18,34H2,1-3H3,(H,36,39)(H2,35,37,41)/t24-/m1/s1. The van der Waals surface area contributed by atoms with Crippen molar-refractivity contribution in [1.29, 1.82) is 0 Å². The Balaban J connectivity index is 1.47. The van der Waals surface area contributed by atoms with Crippen molar-refractivity contribution in [1.82, 2.24) is 10.6 Å². The fourth-order valence-electron chi connectivity index (χ4n) is 5.22. The number of anilines is 2. The van der Waals surface area contributed by atoms with Crippen LogP contribution >= 0.6 is 27.3 Å². The summed E-state index contributed by atoms with van der Waals surface area (Å²) in [5.74, 6) is -0.364. The first-order chi connectivity index (χ1) is 20.0. The van der Waals surface area contributed by atoms with Crippen LogP contribution in [-0.4, -0.2) is 36.5 Å². The van der Waals surface area contributed by atoms with Crippen LogP contribution in [0.1, 0.15) is 37.8 Å². The largest absolute Gasteiger partial charge is 0.344 e. The Labute approximate surface area is 257 Å². The normalized spacial score (nSPS) is 15.2. The van der Waals surface area contributed by atoms with Crippen LogP contribution < -0.4 is 26.6 Å². The Morgan fingerprint density at radius 2 is 1.83 bits per heavy atom. The third-order valence-electron chi connectivity index (χ3n) is 7.18. The van der Waals surface area contributed by atoms with E-state index in [-0.39, 0.29) is 24.3 Å². The average Bonchev–Trinajstić information content (AvgIpc) is 3.21. The Morgan fingerprint density at radius 1 is 1.10 bits per heavy atom. The number of fused-ring (bicyclic) bond motifs is 2. The third-order valence-corrected chi connectivity index (χ3v) is 9.47. The van der Waals surface area contributed by atoms with E-state index in [1.54, 1.807) is 37.1 Å². The lowest BCUT2D eigenvalue weighted by molar-refractivity contribution is -0.128. The lowest BCUT2D eigenvalue weighted by Gasteiger charge is -2.27. The summed E-state index contributed by atoms with van der Waals surface area (Å²) >= 11 is 5.45. The van der Waals surface area contributed by atoms with Crippen LogP contribution in [0.5, 0.6) is 0 Å². The lowest BCUT2D eigenvalue weighted by atomic mass is 10.0. The fourth-order valence-corrected chi connectivity index (χ4v) is 7.25. The number of thiophene rings is 1. The topological polar surface area (TPSA) is 117 Å². The number of nitrogens with zero attached hydrogens (tertiary/aromatic N) is 1. The molecule has 4 aromatic rings. The number of urea groups is 1. The van der Waals surface area contributed by atoms with E-state index in [1.807, 2.05) is 54.6 Å². The number of amides is 4. The second kappa shape index (κ2) is 12.2. The Bertz CT molecular complexity index is 1660. The molecule has 42 heavy (non-hydrogen) atoms. The van der Waals surface area contributed by atoms with E-state index in [9.17, 15) is 14.4 Å². The summed E-state index contributed by atoms with van der Waals surface area (Å²) in [6, 6.07) is 20.9. The number of para-hydroxylation sites is 2. The highest BCUT2D eigenvalue weighted by molar-refractivity contribution is 9.10. The molecule has 0 spiro atoms. The van der Waals surface area contributed by atoms with Gasteiger partial charge in [0.25, 0.3) is 0 Å². The number of carbonyl (C=O) groups excluding carboxylic acids is 3. The molecule has 5 N–H and O–H groups in total. The molecule has 218 valence electrons. The molecule has 0 bridgehead atoms. The molecule has 0 fully saturated rings. The number of nitrogens with one attached hydrogen (secondary N) is 3. The highest BCUT2D eigenvalue weighted by Gasteiger charge is 2.32. The van der Waals surface area contributed by atoms with Gasteiger partial charge in [0, 0.05) is 44.8 Å². The average molecular weight is 649 g/mol. The van der Waals surface area contributed by atoms with Gasteiger partial charge in [0.15, 0.2) is 0 Å². The van der Waals surface area contributed by atoms with Crippen LogP contribution in [0, 0.1) is 0 Å². The number of carbonyl (C=O) groups is 3. The molecule has 3 aromatic carbocycles. The molecule has 1 aliphatic rings. The van der Waals surface area contributed by atoms with Crippen molar-refractivity contribution in [2.45, 2.75) is 51.2 Å². The first kappa shape index (κ1) is 29.8. The van der Waals surface area contributed by atoms with Gasteiger partial charge in [-0.05, 0) is 78.0 Å². The fraction of sp³-hybridized carbons (Fsp3) is 0.281. The van der Waals surface area contributed by atoms with Crippen molar-refractivity contribution in [3.63, 3.8) is 0 Å². The maximum absolute atomic E-state index is 13.9. The molecule has 1 aromatic heterocycles. The monoisotopic (exact) mass is 647 g/mol. The van der Waals surface area contributed by atoms with E-state index >= 15 is 0 Å². The number of nitrogens with two attached hydrogens (primary N) is 1. The van der Waals surface area contributed by atoms with E-state index in [2.05, 4.69) is 44.0 Å². The molecule has 1 atom stereocenters. The van der Waals surface area contributed by atoms with Crippen molar-refractivity contribution in [2.75, 3.05) is 17.3 Å². The Hall–Kier alpha value is -3.73. The molecule has 0 radical (unpaired) electrons. The van der Waals surface area contributed by atoms with Crippen LogP contribution in [-0.2, 0) is 22.6 Å². The summed E-state index contributed by atoms with van der Waals surface area (Å²) in [5.41, 5.74) is 9.90. The van der Waals surface area contributed by atoms with Gasteiger partial charge in [0.05, 0.1) is 17.1 Å². The number of aryl methyl sites for hydroxylation is 1. The van der Waals surface area contributed by atoms with Gasteiger partial charge < -0.3 is 26.6 Å². The maximum atomic E-state index is 13.9. The molecular formula is C32H34BrN5O3S. The molecule has 0 aliphatic carbocycles. The summed E-state index contributed by atoms with van der Waals surface area (Å²) in [5, 5.41) is 9.47. The molecule has 0 saturated heterocycles. The van der Waals surface area contributed by atoms with E-state index in [4.69, 9.17) is 5.73 Å². The van der Waals surface area contributed by atoms with Crippen molar-refractivity contribution in [3.05, 3.63) is 82.3 Å². The Morgan fingerprint density at radius 3 is 2.60 bits per heavy atom. The molecule has 1 aliphatic heterocycles. The zero-order valence-corrected chi connectivity index (χ0v) is 26.2. The predicted octanol–water partition coefficient (Wildman–Crippen LogP) is 6.17. The van der Waals surface area contributed by atoms with Gasteiger partial charge in [-0.15, -0.1) is 11.3 Å². The van der Waals surface area contributed by atoms with Crippen LogP contribution in [0.15, 0.2) is 71.2 Å². The van der Waals surface area contributed by atoms with E-state index in [0.717, 1.165) is 41.8 Å². The van der Waals surface area contributed by atoms with Gasteiger partial charge in [-0.2, -0.15) is 0 Å². The van der Waals surface area contributed by atoms with Gasteiger partial charge in [0.2, 0.25) is 11.8 Å². The van der Waals surface area contributed by atoms with Crippen molar-refractivity contribution in [2.24, 2.45) is 5.73 Å². The van der Waals surface area contributed by atoms with Crippen LogP contribution in [0.2, 0.25) is 0 Å². The SMILES string of the molecule is CNC(=O)Nc1ccccc1-c1sc2ccc(CN3C(=O)[C@H](NC(=O)CC(C)(C)N)CCc4ccccc43)cc2c1Br. The highest BCUT2D eigenvalue weighted by atomic mass is 79.9. The highest BCUT2D eigenvalue weighted by Crippen LogP contribution is 2.45. The third kappa shape index (κ3) is 6.51. The van der Waals surface area contributed by atoms with E-state index < -0.39 is 11.6 Å². The minimum atomic E-state index is -0.665. The van der Waals surface area contributed by atoms with Crippen LogP contribution in [0.3, 0.4) is 0 Å². The van der Waals surface area contributed by atoms with Crippen molar-refractivity contribution in [3.8, 4) is 10.4 Å². The molecule has 4 amide bonds. The molecule has 8 nitrogen and oxygen atoms in total. The number of rotatable bonds is 7. The summed E-state index contributed by atoms with van der Waals surface area (Å²) < 4.78 is 2.00. The smallest absolute Gasteiger partial charge is 0.318 e. The van der Waals surface area contributed by atoms with E-state index in [0.29, 0.717) is 25.1 Å². The number of halogens is 1. The Kier molecular flexibility index (Phi) is 8.68. The molecule has 0 unspecified atom stereocenters. The predicted molar refractivity (Wildman–Crippen MR) is 174 cm³/mol. The minimum Gasteiger partial charge on any atom is -0.344 e. The first-order valence-electron chi connectivity index (χ1n) is 13.8. The minimum absolute atomic E-state index is 0.136. The number of hydrogen-bond donors (Lipinski definition) is 4. The zero-order chi connectivity index (χ0) is 30.0. The maximum Gasteiger partial charge on any atom is 0.318 e. The molecule has 5 rings (SSSR count). The zero-order valence-electron chi connectivity index (χ0n) is 23.8. The summed E-state index contributed by atoms with van der Waals surface area (Å²) in [6.07, 6.45) is 1.33. The molecule has 0 saturated carbocycles. The van der Waals surface area contributed by atoms with Crippen LogP contribution in [0.25, 0.3) is 20.5 Å². The van der Waals surface area contributed by atoms with Gasteiger partial charge in [0.1, 0.15) is 6.04 Å². The second-order valence-corrected chi connectivity index (χ2v) is 13.0. The van der Waals surface area contributed by atoms with Gasteiger partial charge in [-0.3, -0.25) is 9.59 Å². The van der Waals surface area contributed by atoms with Gasteiger partial charge in [-0.25, -0.2) is 4.79 Å². The number of hydrogen-bond acceptors (Lipinski definition) is 5. The first-order valence-corrected chi connectivity index (χ1v) is 15.4. The lowest BCUT2D eigenvalue weighted by Crippen LogP contribution is -2.49. The molecule has 2 heterocycles.